The second-order valence-corrected chi connectivity index (χ2v) is 8.85. The van der Waals surface area contributed by atoms with Gasteiger partial charge in [0.2, 0.25) is 5.91 Å². The number of aryl methyl sites for hydroxylation is 2. The Morgan fingerprint density at radius 1 is 1.32 bits per heavy atom. The number of non-ortho nitro benzene ring substituents is 1. The van der Waals surface area contributed by atoms with Crippen LogP contribution >= 0.6 is 23.1 Å². The van der Waals surface area contributed by atoms with Gasteiger partial charge in [0.25, 0.3) is 5.69 Å². The highest BCUT2D eigenvalue weighted by Crippen LogP contribution is 2.29. The topological polar surface area (TPSA) is 122 Å². The van der Waals surface area contributed by atoms with Crippen molar-refractivity contribution >= 4 is 39.8 Å². The highest BCUT2D eigenvalue weighted by molar-refractivity contribution is 7.99. The number of fused-ring (bicyclic) bond motifs is 1. The Morgan fingerprint density at radius 3 is 3.00 bits per heavy atom. The number of thiazole rings is 1. The SMILES string of the molecule is N#Cc1cc2c(nc1SCCC(=O)Nc1nc(-c3cccc([N+](=O)[O-])c3)cs1)CCC2. The molecule has 156 valence electrons. The maximum Gasteiger partial charge on any atom is 0.270 e. The lowest BCUT2D eigenvalue weighted by Gasteiger charge is -2.06. The Bertz CT molecular complexity index is 1200. The lowest BCUT2D eigenvalue weighted by molar-refractivity contribution is -0.384. The molecular weight excluding hydrogens is 434 g/mol. The van der Waals surface area contributed by atoms with Crippen molar-refractivity contribution in [3.63, 3.8) is 0 Å². The van der Waals surface area contributed by atoms with Crippen LogP contribution in [0.2, 0.25) is 0 Å². The molecule has 4 rings (SSSR count). The maximum absolute atomic E-state index is 12.3. The number of anilines is 1. The van der Waals surface area contributed by atoms with Crippen molar-refractivity contribution in [3.8, 4) is 17.3 Å². The van der Waals surface area contributed by atoms with E-state index in [4.69, 9.17) is 0 Å². The minimum absolute atomic E-state index is 0.00925. The van der Waals surface area contributed by atoms with Crippen LogP contribution in [0.1, 0.15) is 29.7 Å². The number of hydrogen-bond acceptors (Lipinski definition) is 8. The summed E-state index contributed by atoms with van der Waals surface area (Å²) >= 11 is 2.67. The number of nitrogens with one attached hydrogen (secondary N) is 1. The zero-order valence-corrected chi connectivity index (χ0v) is 18.0. The number of pyridine rings is 1. The Labute approximate surface area is 186 Å². The third-order valence-electron chi connectivity index (χ3n) is 4.81. The van der Waals surface area contributed by atoms with Gasteiger partial charge < -0.3 is 5.32 Å². The molecule has 0 radical (unpaired) electrons. The van der Waals surface area contributed by atoms with Crippen LogP contribution in [-0.2, 0) is 17.6 Å². The van der Waals surface area contributed by atoms with Crippen LogP contribution in [0.3, 0.4) is 0 Å². The summed E-state index contributed by atoms with van der Waals surface area (Å²) in [7, 11) is 0. The van der Waals surface area contributed by atoms with Gasteiger partial charge in [-0.2, -0.15) is 5.26 Å². The fourth-order valence-corrected chi connectivity index (χ4v) is 4.96. The Balaban J connectivity index is 1.34. The molecule has 2 heterocycles. The van der Waals surface area contributed by atoms with E-state index in [-0.39, 0.29) is 18.0 Å². The largest absolute Gasteiger partial charge is 0.302 e. The molecule has 0 fully saturated rings. The zero-order valence-electron chi connectivity index (χ0n) is 16.3. The van der Waals surface area contributed by atoms with Gasteiger partial charge in [0.15, 0.2) is 5.13 Å². The summed E-state index contributed by atoms with van der Waals surface area (Å²) in [4.78, 5) is 31.8. The molecule has 1 aliphatic rings. The van der Waals surface area contributed by atoms with E-state index in [0.29, 0.717) is 32.7 Å². The van der Waals surface area contributed by atoms with E-state index in [1.54, 1.807) is 17.5 Å². The standard InChI is InChI=1S/C21H17N5O3S2/c22-11-15-9-13-4-2-6-17(13)23-20(15)30-8-7-19(27)25-21-24-18(12-31-21)14-3-1-5-16(10-14)26(28)29/h1,3,5,9-10,12H,2,4,6-8H2,(H,24,25,27). The molecule has 0 spiro atoms. The van der Waals surface area contributed by atoms with Crippen LogP contribution in [0.4, 0.5) is 10.8 Å². The van der Waals surface area contributed by atoms with E-state index in [1.165, 1.54) is 35.2 Å². The average molecular weight is 452 g/mol. The third-order valence-corrected chi connectivity index (χ3v) is 6.56. The molecule has 0 atom stereocenters. The molecule has 31 heavy (non-hydrogen) atoms. The number of nitro groups is 1. The number of nitriles is 1. The second kappa shape index (κ2) is 9.24. The molecule has 1 aromatic carbocycles. The quantitative estimate of drug-likeness (QED) is 0.316. The number of carbonyl (C=O) groups excluding carboxylic acids is 1. The van der Waals surface area contributed by atoms with Crippen molar-refractivity contribution in [1.82, 2.24) is 9.97 Å². The van der Waals surface area contributed by atoms with Crippen LogP contribution in [0, 0.1) is 21.4 Å². The summed E-state index contributed by atoms with van der Waals surface area (Å²) in [6.45, 7) is 0. The molecular formula is C21H17N5O3S2. The fourth-order valence-electron chi connectivity index (χ4n) is 3.31. The van der Waals surface area contributed by atoms with Gasteiger partial charge in [0.1, 0.15) is 11.1 Å². The van der Waals surface area contributed by atoms with Gasteiger partial charge in [-0.05, 0) is 30.9 Å². The van der Waals surface area contributed by atoms with E-state index in [0.717, 1.165) is 30.5 Å². The lowest BCUT2D eigenvalue weighted by Crippen LogP contribution is -2.12. The number of nitro benzene ring substituents is 1. The molecule has 3 aromatic rings. The summed E-state index contributed by atoms with van der Waals surface area (Å²) in [5.41, 5.74) is 3.95. The van der Waals surface area contributed by atoms with Crippen LogP contribution in [0.25, 0.3) is 11.3 Å². The highest BCUT2D eigenvalue weighted by atomic mass is 32.2. The monoisotopic (exact) mass is 451 g/mol. The van der Waals surface area contributed by atoms with Crippen molar-refractivity contribution < 1.29 is 9.72 Å². The minimum atomic E-state index is -0.455. The van der Waals surface area contributed by atoms with Crippen molar-refractivity contribution in [2.24, 2.45) is 0 Å². The molecule has 1 N–H and O–H groups in total. The first-order chi connectivity index (χ1) is 15.0. The molecule has 0 saturated carbocycles. The number of carbonyl (C=O) groups is 1. The first kappa shape index (κ1) is 21.0. The van der Waals surface area contributed by atoms with Crippen LogP contribution in [0.5, 0.6) is 0 Å². The fraction of sp³-hybridized carbons (Fsp3) is 0.238. The molecule has 8 nitrogen and oxygen atoms in total. The van der Waals surface area contributed by atoms with Crippen LogP contribution < -0.4 is 5.32 Å². The lowest BCUT2D eigenvalue weighted by atomic mass is 10.1. The van der Waals surface area contributed by atoms with Crippen LogP contribution in [0.15, 0.2) is 40.7 Å². The molecule has 0 unspecified atom stereocenters. The first-order valence-electron chi connectivity index (χ1n) is 9.59. The van der Waals surface area contributed by atoms with Crippen molar-refractivity contribution in [2.75, 3.05) is 11.1 Å². The summed E-state index contributed by atoms with van der Waals surface area (Å²) in [5, 5.41) is 25.9. The Morgan fingerprint density at radius 2 is 2.19 bits per heavy atom. The number of aromatic nitrogens is 2. The van der Waals surface area contributed by atoms with Gasteiger partial charge >= 0.3 is 0 Å². The Kier molecular flexibility index (Phi) is 6.25. The molecule has 2 aromatic heterocycles. The van der Waals surface area contributed by atoms with E-state index in [2.05, 4.69) is 21.4 Å². The van der Waals surface area contributed by atoms with E-state index >= 15 is 0 Å². The van der Waals surface area contributed by atoms with Crippen molar-refractivity contribution in [2.45, 2.75) is 30.7 Å². The molecule has 10 heteroatoms. The van der Waals surface area contributed by atoms with Crippen molar-refractivity contribution in [3.05, 3.63) is 62.6 Å². The summed E-state index contributed by atoms with van der Waals surface area (Å²) in [6.07, 6.45) is 3.22. The average Bonchev–Trinajstić information content (AvgIpc) is 3.42. The molecule has 1 amide bonds. The third kappa shape index (κ3) is 4.90. The predicted octanol–water partition coefficient (Wildman–Crippen LogP) is 4.59. The predicted molar refractivity (Wildman–Crippen MR) is 119 cm³/mol. The van der Waals surface area contributed by atoms with Crippen LogP contribution in [-0.4, -0.2) is 26.6 Å². The zero-order chi connectivity index (χ0) is 21.8. The first-order valence-corrected chi connectivity index (χ1v) is 11.5. The van der Waals surface area contributed by atoms with Gasteiger partial charge in [0.05, 0.1) is 16.2 Å². The van der Waals surface area contributed by atoms with E-state index < -0.39 is 4.92 Å². The number of hydrogen-bond donors (Lipinski definition) is 1. The van der Waals surface area contributed by atoms with E-state index in [9.17, 15) is 20.2 Å². The van der Waals surface area contributed by atoms with Gasteiger partial charge in [0, 0.05) is 40.9 Å². The number of amides is 1. The molecule has 0 bridgehead atoms. The summed E-state index contributed by atoms with van der Waals surface area (Å²) in [6, 6.07) is 10.3. The molecule has 0 saturated heterocycles. The summed E-state index contributed by atoms with van der Waals surface area (Å²) < 4.78 is 0. The van der Waals surface area contributed by atoms with Gasteiger partial charge in [-0.3, -0.25) is 14.9 Å². The van der Waals surface area contributed by atoms with Gasteiger partial charge in [-0.15, -0.1) is 23.1 Å². The van der Waals surface area contributed by atoms with Gasteiger partial charge in [-0.25, -0.2) is 9.97 Å². The number of benzene rings is 1. The number of nitrogens with zero attached hydrogens (tertiary/aromatic N) is 4. The summed E-state index contributed by atoms with van der Waals surface area (Å²) in [5.74, 6) is 0.308. The molecule has 0 aliphatic heterocycles. The highest BCUT2D eigenvalue weighted by Gasteiger charge is 2.17. The Hall–Kier alpha value is -3.29. The van der Waals surface area contributed by atoms with Gasteiger partial charge in [-0.1, -0.05) is 12.1 Å². The minimum Gasteiger partial charge on any atom is -0.302 e. The maximum atomic E-state index is 12.3. The normalized spacial score (nSPS) is 12.2. The van der Waals surface area contributed by atoms with Crippen molar-refractivity contribution in [1.29, 1.82) is 5.26 Å². The number of thioether (sulfide) groups is 1. The number of rotatable bonds is 7. The molecule has 1 aliphatic carbocycles. The smallest absolute Gasteiger partial charge is 0.270 e. The van der Waals surface area contributed by atoms with E-state index in [1.807, 2.05) is 6.07 Å². The second-order valence-electron chi connectivity index (χ2n) is 6.90.